The van der Waals surface area contributed by atoms with Gasteiger partial charge in [0.05, 0.1) is 20.3 Å². The Bertz CT molecular complexity index is 517. The van der Waals surface area contributed by atoms with Crippen molar-refractivity contribution in [1.82, 2.24) is 4.90 Å². The molecule has 1 aliphatic rings. The molecule has 1 atom stereocenters. The van der Waals surface area contributed by atoms with Crippen molar-refractivity contribution in [2.75, 3.05) is 26.9 Å². The van der Waals surface area contributed by atoms with Gasteiger partial charge in [0.15, 0.2) is 6.04 Å². The minimum atomic E-state index is -1.03. The van der Waals surface area contributed by atoms with Gasteiger partial charge in [0.1, 0.15) is 5.75 Å². The molecule has 0 bridgehead atoms. The summed E-state index contributed by atoms with van der Waals surface area (Å²) in [4.78, 5) is 24.8. The maximum atomic E-state index is 12.3. The molecular weight excluding hydrogens is 274 g/mol. The summed E-state index contributed by atoms with van der Waals surface area (Å²) in [6.45, 7) is 0.752. The van der Waals surface area contributed by atoms with E-state index < -0.39 is 12.0 Å². The second-order valence-electron chi connectivity index (χ2n) is 4.83. The zero-order valence-electron chi connectivity index (χ0n) is 11.9. The smallest absolute Gasteiger partial charge is 0.328 e. The highest BCUT2D eigenvalue weighted by Crippen LogP contribution is 2.20. The molecule has 6 nitrogen and oxygen atoms in total. The predicted octanol–water partition coefficient (Wildman–Crippen LogP) is 0.940. The molecule has 1 aromatic rings. The van der Waals surface area contributed by atoms with Gasteiger partial charge < -0.3 is 19.5 Å². The molecule has 0 radical (unpaired) electrons. The van der Waals surface area contributed by atoms with E-state index in [9.17, 15) is 9.59 Å². The van der Waals surface area contributed by atoms with Crippen LogP contribution in [0, 0.1) is 0 Å². The first-order valence-corrected chi connectivity index (χ1v) is 6.85. The Morgan fingerprint density at radius 1 is 1.43 bits per heavy atom. The number of morpholine rings is 1. The van der Waals surface area contributed by atoms with Crippen LogP contribution in [0.2, 0.25) is 0 Å². The highest BCUT2D eigenvalue weighted by Gasteiger charge is 2.32. The van der Waals surface area contributed by atoms with Crippen molar-refractivity contribution in [3.8, 4) is 5.75 Å². The van der Waals surface area contributed by atoms with E-state index in [1.165, 1.54) is 4.90 Å². The average Bonchev–Trinajstić information content (AvgIpc) is 2.52. The van der Waals surface area contributed by atoms with Gasteiger partial charge in [-0.15, -0.1) is 0 Å². The molecule has 21 heavy (non-hydrogen) atoms. The van der Waals surface area contributed by atoms with Gasteiger partial charge in [0.2, 0.25) is 5.91 Å². The Hall–Kier alpha value is -2.08. The molecule has 1 fully saturated rings. The predicted molar refractivity (Wildman–Crippen MR) is 75.3 cm³/mol. The number of nitrogens with zero attached hydrogens (tertiary/aromatic N) is 1. The van der Waals surface area contributed by atoms with Gasteiger partial charge in [-0.2, -0.15) is 0 Å². The Kier molecular flexibility index (Phi) is 5.16. The third-order valence-corrected chi connectivity index (χ3v) is 3.53. The Labute approximate surface area is 123 Å². The number of carboxylic acid groups (broad SMARTS) is 1. The molecule has 1 heterocycles. The summed E-state index contributed by atoms with van der Waals surface area (Å²) in [5.74, 6) is -0.459. The third-order valence-electron chi connectivity index (χ3n) is 3.53. The molecule has 1 aromatic carbocycles. The topological polar surface area (TPSA) is 76.1 Å². The number of aliphatic carboxylic acids is 1. The lowest BCUT2D eigenvalue weighted by atomic mass is 10.1. The van der Waals surface area contributed by atoms with E-state index in [0.29, 0.717) is 19.6 Å². The van der Waals surface area contributed by atoms with E-state index in [1.807, 2.05) is 24.3 Å². The average molecular weight is 293 g/mol. The number of aryl methyl sites for hydroxylation is 1. The molecule has 0 unspecified atom stereocenters. The number of rotatable bonds is 5. The van der Waals surface area contributed by atoms with Crippen molar-refractivity contribution in [2.24, 2.45) is 0 Å². The Morgan fingerprint density at radius 3 is 2.90 bits per heavy atom. The first kappa shape index (κ1) is 15.3. The van der Waals surface area contributed by atoms with Gasteiger partial charge in [-0.25, -0.2) is 4.79 Å². The zero-order chi connectivity index (χ0) is 15.2. The summed E-state index contributed by atoms with van der Waals surface area (Å²) < 4.78 is 10.4. The summed E-state index contributed by atoms with van der Waals surface area (Å²) in [7, 11) is 1.59. The van der Waals surface area contributed by atoms with Crippen molar-refractivity contribution >= 4 is 11.9 Å². The summed E-state index contributed by atoms with van der Waals surface area (Å²) >= 11 is 0. The van der Waals surface area contributed by atoms with Crippen LogP contribution in [0.4, 0.5) is 0 Å². The number of carbonyl (C=O) groups is 2. The number of ether oxygens (including phenoxy) is 2. The molecule has 6 heteroatoms. The number of benzene rings is 1. The monoisotopic (exact) mass is 293 g/mol. The Balaban J connectivity index is 1.99. The molecular formula is C15H19NO5. The molecule has 1 aliphatic heterocycles. The van der Waals surface area contributed by atoms with Crippen molar-refractivity contribution in [2.45, 2.75) is 18.9 Å². The molecule has 0 spiro atoms. The maximum absolute atomic E-state index is 12.3. The SMILES string of the molecule is COc1ccccc1CCC(=O)N1CCOC[C@@H]1C(=O)O. The van der Waals surface area contributed by atoms with E-state index in [0.717, 1.165) is 11.3 Å². The Morgan fingerprint density at radius 2 is 2.19 bits per heavy atom. The number of hydrogen-bond donors (Lipinski definition) is 1. The molecule has 0 aromatic heterocycles. The van der Waals surface area contributed by atoms with Crippen molar-refractivity contribution in [3.63, 3.8) is 0 Å². The minimum Gasteiger partial charge on any atom is -0.496 e. The van der Waals surface area contributed by atoms with Crippen molar-refractivity contribution < 1.29 is 24.2 Å². The van der Waals surface area contributed by atoms with Crippen molar-refractivity contribution in [1.29, 1.82) is 0 Å². The van der Waals surface area contributed by atoms with Crippen LogP contribution in [-0.4, -0.2) is 54.8 Å². The molecule has 1 N–H and O–H groups in total. The fourth-order valence-electron chi connectivity index (χ4n) is 2.40. The number of methoxy groups -OCH3 is 1. The number of carboxylic acids is 1. The van der Waals surface area contributed by atoms with Gasteiger partial charge in [-0.3, -0.25) is 4.79 Å². The fraction of sp³-hybridized carbons (Fsp3) is 0.467. The van der Waals surface area contributed by atoms with Gasteiger partial charge in [0.25, 0.3) is 0 Å². The number of para-hydroxylation sites is 1. The quantitative estimate of drug-likeness (QED) is 0.874. The summed E-state index contributed by atoms with van der Waals surface area (Å²) in [5.41, 5.74) is 0.938. The fourth-order valence-corrected chi connectivity index (χ4v) is 2.40. The first-order chi connectivity index (χ1) is 10.1. The summed E-state index contributed by atoms with van der Waals surface area (Å²) in [6.07, 6.45) is 0.775. The molecule has 1 amide bonds. The van der Waals surface area contributed by atoms with Crippen LogP contribution in [0.1, 0.15) is 12.0 Å². The normalized spacial score (nSPS) is 18.3. The lowest BCUT2D eigenvalue weighted by molar-refractivity contribution is -0.158. The lowest BCUT2D eigenvalue weighted by Crippen LogP contribution is -2.52. The lowest BCUT2D eigenvalue weighted by Gasteiger charge is -2.33. The van der Waals surface area contributed by atoms with Gasteiger partial charge in [-0.05, 0) is 18.1 Å². The van der Waals surface area contributed by atoms with E-state index >= 15 is 0 Å². The van der Waals surface area contributed by atoms with Crippen LogP contribution >= 0.6 is 0 Å². The highest BCUT2D eigenvalue weighted by atomic mass is 16.5. The van der Waals surface area contributed by atoms with Gasteiger partial charge in [0, 0.05) is 13.0 Å². The second kappa shape index (κ2) is 7.08. The van der Waals surface area contributed by atoms with Crippen LogP contribution in [0.5, 0.6) is 5.75 Å². The number of hydrogen-bond acceptors (Lipinski definition) is 4. The molecule has 0 aliphatic carbocycles. The van der Waals surface area contributed by atoms with Crippen LogP contribution in [-0.2, 0) is 20.7 Å². The first-order valence-electron chi connectivity index (χ1n) is 6.85. The zero-order valence-corrected chi connectivity index (χ0v) is 11.9. The van der Waals surface area contributed by atoms with E-state index in [4.69, 9.17) is 14.6 Å². The van der Waals surface area contributed by atoms with E-state index in [-0.39, 0.29) is 18.9 Å². The number of amides is 1. The van der Waals surface area contributed by atoms with E-state index in [1.54, 1.807) is 7.11 Å². The van der Waals surface area contributed by atoms with Crippen LogP contribution in [0.15, 0.2) is 24.3 Å². The molecule has 114 valence electrons. The second-order valence-corrected chi connectivity index (χ2v) is 4.83. The maximum Gasteiger partial charge on any atom is 0.328 e. The molecule has 0 saturated carbocycles. The third kappa shape index (κ3) is 3.72. The summed E-state index contributed by atoms with van der Waals surface area (Å²) in [5, 5.41) is 9.13. The standard InChI is InChI=1S/C15H19NO5/c1-20-13-5-3-2-4-11(13)6-7-14(17)16-8-9-21-10-12(16)15(18)19/h2-5,12H,6-10H2,1H3,(H,18,19)/t12-/m1/s1. The van der Waals surface area contributed by atoms with Crippen LogP contribution in [0.25, 0.3) is 0 Å². The largest absolute Gasteiger partial charge is 0.496 e. The number of carbonyl (C=O) groups excluding carboxylic acids is 1. The van der Waals surface area contributed by atoms with E-state index in [2.05, 4.69) is 0 Å². The van der Waals surface area contributed by atoms with Crippen LogP contribution < -0.4 is 4.74 Å². The minimum absolute atomic E-state index is 0.0513. The molecule has 2 rings (SSSR count). The summed E-state index contributed by atoms with van der Waals surface area (Å²) in [6, 6.07) is 6.61. The van der Waals surface area contributed by atoms with Crippen LogP contribution in [0.3, 0.4) is 0 Å². The van der Waals surface area contributed by atoms with Crippen molar-refractivity contribution in [3.05, 3.63) is 29.8 Å². The molecule has 1 saturated heterocycles. The highest BCUT2D eigenvalue weighted by molar-refractivity contribution is 5.84. The van der Waals surface area contributed by atoms with Gasteiger partial charge >= 0.3 is 5.97 Å². The van der Waals surface area contributed by atoms with Gasteiger partial charge in [-0.1, -0.05) is 18.2 Å².